The minimum Gasteiger partial charge on any atom is -0.385 e. The highest BCUT2D eigenvalue weighted by atomic mass is 19.4. The van der Waals surface area contributed by atoms with Gasteiger partial charge in [-0.3, -0.25) is 0 Å². The van der Waals surface area contributed by atoms with Crippen molar-refractivity contribution in [3.05, 3.63) is 29.3 Å². The van der Waals surface area contributed by atoms with Crippen LogP contribution in [-0.4, -0.2) is 6.54 Å². The van der Waals surface area contributed by atoms with Crippen LogP contribution in [0.25, 0.3) is 0 Å². The molecule has 0 bridgehead atoms. The zero-order chi connectivity index (χ0) is 14.3. The van der Waals surface area contributed by atoms with E-state index in [1.165, 1.54) is 12.1 Å². The Bertz CT molecular complexity index is 526. The largest absolute Gasteiger partial charge is 0.417 e. The van der Waals surface area contributed by atoms with E-state index in [0.29, 0.717) is 17.0 Å². The number of nitrogens with one attached hydrogen (secondary N) is 1. The molecule has 0 spiro atoms. The number of nitriles is 1. The molecule has 0 radical (unpaired) electrons. The summed E-state index contributed by atoms with van der Waals surface area (Å²) < 4.78 is 37.9. The molecule has 0 heterocycles. The highest BCUT2D eigenvalue weighted by molar-refractivity contribution is 5.53. The lowest BCUT2D eigenvalue weighted by Crippen LogP contribution is -2.10. The van der Waals surface area contributed by atoms with Crippen molar-refractivity contribution in [3.8, 4) is 6.07 Å². The lowest BCUT2D eigenvalue weighted by atomic mass is 10.1. The van der Waals surface area contributed by atoms with Crippen molar-refractivity contribution in [1.82, 2.24) is 0 Å². The second-order valence-corrected chi connectivity index (χ2v) is 5.64. The third-order valence-electron chi connectivity index (χ3n) is 3.72. The fourth-order valence-corrected chi connectivity index (χ4v) is 2.16. The maximum absolute atomic E-state index is 12.6. The summed E-state index contributed by atoms with van der Waals surface area (Å²) in [5.74, 6) is 0.542. The number of hydrogen-bond acceptors (Lipinski definition) is 2. The predicted octanol–water partition coefficient (Wildman–Crippen LogP) is 4.04. The molecule has 1 fully saturated rings. The highest BCUT2D eigenvalue weighted by Gasteiger charge is 2.45. The van der Waals surface area contributed by atoms with Crippen LogP contribution in [0.2, 0.25) is 0 Å². The second-order valence-electron chi connectivity index (χ2n) is 5.64. The first-order valence-electron chi connectivity index (χ1n) is 6.09. The summed E-state index contributed by atoms with van der Waals surface area (Å²) in [7, 11) is 0. The number of benzene rings is 1. The molecule has 1 aromatic carbocycles. The number of halogens is 3. The first-order valence-corrected chi connectivity index (χ1v) is 6.09. The summed E-state index contributed by atoms with van der Waals surface area (Å²) in [6, 6.07) is 5.20. The van der Waals surface area contributed by atoms with Gasteiger partial charge in [0, 0.05) is 12.2 Å². The molecule has 0 amide bonds. The quantitative estimate of drug-likeness (QED) is 0.898. The van der Waals surface area contributed by atoms with Gasteiger partial charge in [-0.25, -0.2) is 0 Å². The van der Waals surface area contributed by atoms with E-state index in [1.54, 1.807) is 6.07 Å². The van der Waals surface area contributed by atoms with Crippen molar-refractivity contribution in [2.75, 3.05) is 11.9 Å². The Balaban J connectivity index is 2.10. The Morgan fingerprint density at radius 3 is 2.53 bits per heavy atom. The predicted molar refractivity (Wildman–Crippen MR) is 66.5 cm³/mol. The van der Waals surface area contributed by atoms with E-state index in [9.17, 15) is 13.2 Å². The number of anilines is 1. The maximum atomic E-state index is 12.6. The molecule has 1 aliphatic carbocycles. The van der Waals surface area contributed by atoms with Crippen LogP contribution in [0.15, 0.2) is 18.2 Å². The van der Waals surface area contributed by atoms with Crippen LogP contribution >= 0.6 is 0 Å². The van der Waals surface area contributed by atoms with E-state index in [-0.39, 0.29) is 5.56 Å². The second kappa shape index (κ2) is 4.44. The van der Waals surface area contributed by atoms with Gasteiger partial charge in [0.05, 0.1) is 17.2 Å². The average Bonchev–Trinajstić information content (AvgIpc) is 2.93. The molecule has 1 N–H and O–H groups in total. The number of nitrogens with zero attached hydrogens (tertiary/aromatic N) is 1. The molecule has 2 rings (SSSR count). The third-order valence-corrected chi connectivity index (χ3v) is 3.72. The zero-order valence-corrected chi connectivity index (χ0v) is 10.8. The smallest absolute Gasteiger partial charge is 0.385 e. The van der Waals surface area contributed by atoms with Crippen molar-refractivity contribution >= 4 is 5.69 Å². The normalized spacial score (nSPS) is 20.7. The van der Waals surface area contributed by atoms with Gasteiger partial charge in [0.2, 0.25) is 0 Å². The molecule has 1 aromatic rings. The number of alkyl halides is 3. The van der Waals surface area contributed by atoms with Crippen molar-refractivity contribution in [2.45, 2.75) is 26.4 Å². The minimum absolute atomic E-state index is 0.316. The first-order chi connectivity index (χ1) is 8.74. The van der Waals surface area contributed by atoms with Crippen LogP contribution in [0, 0.1) is 22.7 Å². The van der Waals surface area contributed by atoms with E-state index in [1.807, 2.05) is 0 Å². The van der Waals surface area contributed by atoms with Gasteiger partial charge in [0.1, 0.15) is 0 Å². The molecule has 5 heteroatoms. The minimum atomic E-state index is -4.48. The highest BCUT2D eigenvalue weighted by Crippen LogP contribution is 2.51. The Morgan fingerprint density at radius 1 is 1.42 bits per heavy atom. The Kier molecular flexibility index (Phi) is 3.21. The molecular weight excluding hydrogens is 253 g/mol. The Hall–Kier alpha value is -1.70. The topological polar surface area (TPSA) is 35.8 Å². The van der Waals surface area contributed by atoms with Crippen molar-refractivity contribution in [2.24, 2.45) is 11.3 Å². The lowest BCUT2D eigenvalue weighted by Gasteiger charge is -2.12. The van der Waals surface area contributed by atoms with Gasteiger partial charge >= 0.3 is 6.18 Å². The standard InChI is InChI=1S/C14H15F3N2/c1-13(2)6-10(13)8-19-11-3-4-12(14(15,16)17)9(5-11)7-18/h3-5,10,19H,6,8H2,1-2H3. The molecule has 1 aliphatic rings. The van der Waals surface area contributed by atoms with Gasteiger partial charge in [-0.1, -0.05) is 13.8 Å². The number of rotatable bonds is 3. The van der Waals surface area contributed by atoms with Crippen molar-refractivity contribution in [3.63, 3.8) is 0 Å². The van der Waals surface area contributed by atoms with Gasteiger partial charge in [-0.2, -0.15) is 18.4 Å². The molecule has 0 aliphatic heterocycles. The first kappa shape index (κ1) is 13.7. The van der Waals surface area contributed by atoms with Gasteiger partial charge in [0.25, 0.3) is 0 Å². The van der Waals surface area contributed by atoms with E-state index in [4.69, 9.17) is 5.26 Å². The molecule has 1 atom stereocenters. The molecule has 0 saturated heterocycles. The molecule has 1 unspecified atom stereocenters. The van der Waals surface area contributed by atoms with Crippen LogP contribution in [-0.2, 0) is 6.18 Å². The molecule has 2 nitrogen and oxygen atoms in total. The lowest BCUT2D eigenvalue weighted by molar-refractivity contribution is -0.137. The van der Waals surface area contributed by atoms with Crippen LogP contribution in [0.1, 0.15) is 31.4 Å². The summed E-state index contributed by atoms with van der Waals surface area (Å²) >= 11 is 0. The molecule has 1 saturated carbocycles. The zero-order valence-electron chi connectivity index (χ0n) is 10.8. The van der Waals surface area contributed by atoms with E-state index in [0.717, 1.165) is 19.0 Å². The molecular formula is C14H15F3N2. The summed E-state index contributed by atoms with van der Waals surface area (Å²) in [6.07, 6.45) is -3.37. The van der Waals surface area contributed by atoms with Gasteiger partial charge in [-0.15, -0.1) is 0 Å². The van der Waals surface area contributed by atoms with Gasteiger partial charge in [-0.05, 0) is 36.0 Å². The van der Waals surface area contributed by atoms with Crippen LogP contribution in [0.5, 0.6) is 0 Å². The van der Waals surface area contributed by atoms with E-state index < -0.39 is 11.7 Å². The maximum Gasteiger partial charge on any atom is 0.417 e. The SMILES string of the molecule is CC1(C)CC1CNc1ccc(C(F)(F)F)c(C#N)c1. The van der Waals surface area contributed by atoms with Gasteiger partial charge < -0.3 is 5.32 Å². The monoisotopic (exact) mass is 268 g/mol. The summed E-state index contributed by atoms with van der Waals surface area (Å²) in [4.78, 5) is 0. The van der Waals surface area contributed by atoms with Crippen LogP contribution in [0.4, 0.5) is 18.9 Å². The molecule has 19 heavy (non-hydrogen) atoms. The van der Waals surface area contributed by atoms with E-state index >= 15 is 0 Å². The molecule has 102 valence electrons. The third kappa shape index (κ3) is 3.01. The van der Waals surface area contributed by atoms with Crippen LogP contribution < -0.4 is 5.32 Å². The van der Waals surface area contributed by atoms with Crippen molar-refractivity contribution < 1.29 is 13.2 Å². The molecule has 0 aromatic heterocycles. The fraction of sp³-hybridized carbons (Fsp3) is 0.500. The fourth-order valence-electron chi connectivity index (χ4n) is 2.16. The van der Waals surface area contributed by atoms with Crippen molar-refractivity contribution in [1.29, 1.82) is 5.26 Å². The average molecular weight is 268 g/mol. The number of hydrogen-bond donors (Lipinski definition) is 1. The summed E-state index contributed by atoms with van der Waals surface area (Å²) in [6.45, 7) is 5.04. The van der Waals surface area contributed by atoms with Crippen LogP contribution in [0.3, 0.4) is 0 Å². The Morgan fingerprint density at radius 2 is 2.05 bits per heavy atom. The van der Waals surface area contributed by atoms with E-state index in [2.05, 4.69) is 19.2 Å². The summed E-state index contributed by atoms with van der Waals surface area (Å²) in [5.41, 5.74) is -0.344. The Labute approximate surface area is 110 Å². The summed E-state index contributed by atoms with van der Waals surface area (Å²) in [5, 5.41) is 11.9. The van der Waals surface area contributed by atoms with Gasteiger partial charge in [0.15, 0.2) is 0 Å².